The lowest BCUT2D eigenvalue weighted by Crippen LogP contribution is -2.47. The number of nitrogens with one attached hydrogen (secondary N) is 1. The summed E-state index contributed by atoms with van der Waals surface area (Å²) >= 11 is 0. The lowest BCUT2D eigenvalue weighted by Gasteiger charge is -2.37. The van der Waals surface area contributed by atoms with E-state index in [9.17, 15) is 13.2 Å². The average molecular weight is 318 g/mol. The molecule has 2 saturated heterocycles. The summed E-state index contributed by atoms with van der Waals surface area (Å²) in [5.41, 5.74) is -0.348. The Morgan fingerprint density at radius 1 is 1.24 bits per heavy atom. The van der Waals surface area contributed by atoms with Crippen molar-refractivity contribution in [2.45, 2.75) is 50.4 Å². The highest BCUT2D eigenvalue weighted by atomic mass is 32.2. The lowest BCUT2D eigenvalue weighted by atomic mass is 9.89. The summed E-state index contributed by atoms with van der Waals surface area (Å²) in [6.45, 7) is 0.910. The molecule has 1 amide bonds. The Bertz CT molecular complexity index is 509. The second-order valence-corrected chi connectivity index (χ2v) is 8.24. The number of likely N-dealkylation sites (tertiary alicyclic amines) is 1. The molecule has 0 aromatic rings. The minimum absolute atomic E-state index is 0.201. The smallest absolute Gasteiger partial charge is 0.407 e. The molecular formula is C13H22N2O5S. The second-order valence-electron chi connectivity index (χ2n) is 6.44. The van der Waals surface area contributed by atoms with Crippen molar-refractivity contribution in [1.82, 2.24) is 9.62 Å². The summed E-state index contributed by atoms with van der Waals surface area (Å²) in [4.78, 5) is 12.3. The van der Waals surface area contributed by atoms with Crippen molar-refractivity contribution in [3.63, 3.8) is 0 Å². The van der Waals surface area contributed by atoms with E-state index in [1.807, 2.05) is 0 Å². The summed E-state index contributed by atoms with van der Waals surface area (Å²) in [6, 6.07) is 0. The van der Waals surface area contributed by atoms with Crippen LogP contribution in [0.1, 0.15) is 38.5 Å². The van der Waals surface area contributed by atoms with Crippen molar-refractivity contribution in [3.8, 4) is 0 Å². The molecule has 120 valence electrons. The summed E-state index contributed by atoms with van der Waals surface area (Å²) in [7, 11) is -3.26. The number of rotatable bonds is 4. The molecule has 21 heavy (non-hydrogen) atoms. The highest BCUT2D eigenvalue weighted by Gasteiger charge is 2.44. The van der Waals surface area contributed by atoms with Gasteiger partial charge in [-0.2, -0.15) is 4.72 Å². The number of piperidine rings is 1. The summed E-state index contributed by atoms with van der Waals surface area (Å²) in [5, 5.41) is 8.96. The average Bonchev–Trinajstić information content (AvgIpc) is 3.12. The Morgan fingerprint density at radius 2 is 1.90 bits per heavy atom. The van der Waals surface area contributed by atoms with Crippen LogP contribution in [0.3, 0.4) is 0 Å². The first-order valence-corrected chi connectivity index (χ1v) is 9.18. The van der Waals surface area contributed by atoms with Gasteiger partial charge in [0.1, 0.15) is 6.23 Å². The van der Waals surface area contributed by atoms with Crippen molar-refractivity contribution in [1.29, 1.82) is 0 Å². The van der Waals surface area contributed by atoms with E-state index in [0.717, 1.165) is 19.3 Å². The third kappa shape index (κ3) is 3.67. The van der Waals surface area contributed by atoms with Gasteiger partial charge in [0.2, 0.25) is 10.0 Å². The predicted molar refractivity (Wildman–Crippen MR) is 75.3 cm³/mol. The molecule has 1 spiro atoms. The number of amides is 1. The summed E-state index contributed by atoms with van der Waals surface area (Å²) in [5.74, 6) is 0.517. The van der Waals surface area contributed by atoms with Gasteiger partial charge in [0.05, 0.1) is 11.4 Å². The van der Waals surface area contributed by atoms with E-state index >= 15 is 0 Å². The lowest BCUT2D eigenvalue weighted by molar-refractivity contribution is -0.0762. The zero-order valence-corrected chi connectivity index (χ0v) is 12.8. The highest BCUT2D eigenvalue weighted by Crippen LogP contribution is 2.38. The monoisotopic (exact) mass is 318 g/mol. The molecule has 0 aromatic heterocycles. The number of sulfonamides is 1. The summed E-state index contributed by atoms with van der Waals surface area (Å²) in [6.07, 6.45) is 3.38. The molecule has 3 fully saturated rings. The normalized spacial score (nSPS) is 29.0. The Morgan fingerprint density at radius 3 is 2.48 bits per heavy atom. The molecule has 1 unspecified atom stereocenters. The first-order valence-electron chi connectivity index (χ1n) is 7.53. The maximum atomic E-state index is 12.0. The molecule has 2 aliphatic heterocycles. The molecule has 1 saturated carbocycles. The molecule has 3 rings (SSSR count). The third-order valence-corrected chi connectivity index (χ3v) is 6.19. The molecule has 2 N–H and O–H groups in total. The van der Waals surface area contributed by atoms with Crippen LogP contribution in [0.4, 0.5) is 4.79 Å². The molecule has 7 nitrogen and oxygen atoms in total. The van der Waals surface area contributed by atoms with Crippen molar-refractivity contribution >= 4 is 16.1 Å². The fourth-order valence-corrected chi connectivity index (χ4v) is 4.83. The number of hydrogen-bond acceptors (Lipinski definition) is 4. The fraction of sp³-hybridized carbons (Fsp3) is 0.923. The van der Waals surface area contributed by atoms with Crippen molar-refractivity contribution < 1.29 is 23.1 Å². The van der Waals surface area contributed by atoms with Gasteiger partial charge in [-0.15, -0.1) is 0 Å². The molecule has 1 aliphatic carbocycles. The van der Waals surface area contributed by atoms with Crippen LogP contribution >= 0.6 is 0 Å². The van der Waals surface area contributed by atoms with Gasteiger partial charge in [-0.25, -0.2) is 13.2 Å². The fourth-order valence-electron chi connectivity index (χ4n) is 3.21. The molecule has 0 radical (unpaired) electrons. The van der Waals surface area contributed by atoms with E-state index < -0.39 is 22.3 Å². The number of carboxylic acid groups (broad SMARTS) is 1. The number of ether oxygens (including phenoxy) is 1. The Kier molecular flexibility index (Phi) is 3.87. The van der Waals surface area contributed by atoms with Gasteiger partial charge in [-0.3, -0.25) is 0 Å². The molecule has 1 atom stereocenters. The van der Waals surface area contributed by atoms with Crippen LogP contribution < -0.4 is 4.72 Å². The van der Waals surface area contributed by atoms with Crippen LogP contribution in [-0.4, -0.2) is 55.2 Å². The molecule has 8 heteroatoms. The standard InChI is InChI=1S/C13H22N2O5S/c16-12(17)15-7-5-13(6-8-15)4-3-11(20-13)14-21(18,19)9-10-1-2-10/h10-11,14H,1-9H2,(H,16,17). The highest BCUT2D eigenvalue weighted by molar-refractivity contribution is 7.89. The van der Waals surface area contributed by atoms with Gasteiger partial charge in [-0.1, -0.05) is 0 Å². The van der Waals surface area contributed by atoms with Gasteiger partial charge in [0, 0.05) is 13.1 Å². The van der Waals surface area contributed by atoms with Crippen LogP contribution in [-0.2, 0) is 14.8 Å². The van der Waals surface area contributed by atoms with Crippen LogP contribution in [0, 0.1) is 5.92 Å². The number of nitrogens with zero attached hydrogens (tertiary/aromatic N) is 1. The Hall–Kier alpha value is -0.860. The molecular weight excluding hydrogens is 296 g/mol. The van der Waals surface area contributed by atoms with Gasteiger partial charge >= 0.3 is 6.09 Å². The Labute approximate surface area is 124 Å². The molecule has 0 bridgehead atoms. The summed E-state index contributed by atoms with van der Waals surface area (Å²) < 4.78 is 32.5. The van der Waals surface area contributed by atoms with E-state index in [1.165, 1.54) is 4.90 Å². The third-order valence-electron chi connectivity index (χ3n) is 4.66. The minimum Gasteiger partial charge on any atom is -0.465 e. The maximum absolute atomic E-state index is 12.0. The first kappa shape index (κ1) is 15.1. The predicted octanol–water partition coefficient (Wildman–Crippen LogP) is 0.965. The van der Waals surface area contributed by atoms with Crippen molar-refractivity contribution in [2.24, 2.45) is 5.92 Å². The maximum Gasteiger partial charge on any atom is 0.407 e. The quantitative estimate of drug-likeness (QED) is 0.805. The number of carbonyl (C=O) groups is 1. The van der Waals surface area contributed by atoms with Crippen LogP contribution in [0.5, 0.6) is 0 Å². The van der Waals surface area contributed by atoms with Gasteiger partial charge < -0.3 is 14.7 Å². The molecule has 0 aromatic carbocycles. The van der Waals surface area contributed by atoms with Gasteiger partial charge in [-0.05, 0) is 44.4 Å². The minimum atomic E-state index is -3.26. The van der Waals surface area contributed by atoms with E-state index in [1.54, 1.807) is 0 Å². The second kappa shape index (κ2) is 5.40. The van der Waals surface area contributed by atoms with Gasteiger partial charge in [0.25, 0.3) is 0 Å². The zero-order valence-electron chi connectivity index (χ0n) is 12.0. The Balaban J connectivity index is 1.52. The topological polar surface area (TPSA) is 95.9 Å². The van der Waals surface area contributed by atoms with Crippen LogP contribution in [0.15, 0.2) is 0 Å². The molecule has 2 heterocycles. The van der Waals surface area contributed by atoms with E-state index in [2.05, 4.69) is 4.72 Å². The largest absolute Gasteiger partial charge is 0.465 e. The van der Waals surface area contributed by atoms with Crippen molar-refractivity contribution in [3.05, 3.63) is 0 Å². The zero-order chi connectivity index (χ0) is 15.1. The van der Waals surface area contributed by atoms with Crippen LogP contribution in [0.25, 0.3) is 0 Å². The SMILES string of the molecule is O=C(O)N1CCC2(CCC(NS(=O)(=O)CC3CC3)O2)CC1. The van der Waals surface area contributed by atoms with E-state index in [0.29, 0.717) is 38.3 Å². The van der Waals surface area contributed by atoms with E-state index in [-0.39, 0.29) is 11.4 Å². The molecule has 3 aliphatic rings. The first-order chi connectivity index (χ1) is 9.88. The van der Waals surface area contributed by atoms with E-state index in [4.69, 9.17) is 9.84 Å². The van der Waals surface area contributed by atoms with Crippen molar-refractivity contribution in [2.75, 3.05) is 18.8 Å². The number of hydrogen-bond donors (Lipinski definition) is 2. The van der Waals surface area contributed by atoms with Crippen LogP contribution in [0.2, 0.25) is 0 Å². The van der Waals surface area contributed by atoms with Gasteiger partial charge in [0.15, 0.2) is 0 Å².